The van der Waals surface area contributed by atoms with E-state index in [1.165, 1.54) is 24.0 Å². The number of aromatic nitrogens is 3. The van der Waals surface area contributed by atoms with Crippen LogP contribution in [0.1, 0.15) is 35.7 Å². The summed E-state index contributed by atoms with van der Waals surface area (Å²) in [6.07, 6.45) is 6.13. The van der Waals surface area contributed by atoms with E-state index in [4.69, 9.17) is 4.98 Å². The SMILES string of the molecule is Cc1cccc2[nH]c(C3CCN(Cc4cccnc4)CC3)nc12. The molecule has 4 rings (SSSR count). The molecule has 4 heteroatoms. The zero-order chi connectivity index (χ0) is 15.6. The molecule has 0 aliphatic carbocycles. The molecule has 0 bridgehead atoms. The third-order valence-electron chi connectivity index (χ3n) is 4.84. The van der Waals surface area contributed by atoms with Crippen LogP contribution in [0.15, 0.2) is 42.7 Å². The summed E-state index contributed by atoms with van der Waals surface area (Å²) in [7, 11) is 0. The van der Waals surface area contributed by atoms with Crippen LogP contribution in [-0.2, 0) is 6.54 Å². The zero-order valence-corrected chi connectivity index (χ0v) is 13.5. The van der Waals surface area contributed by atoms with E-state index in [9.17, 15) is 0 Å². The van der Waals surface area contributed by atoms with Crippen LogP contribution >= 0.6 is 0 Å². The highest BCUT2D eigenvalue weighted by Crippen LogP contribution is 2.29. The normalized spacial score (nSPS) is 16.9. The molecule has 1 aromatic carbocycles. The van der Waals surface area contributed by atoms with Crippen molar-refractivity contribution in [1.29, 1.82) is 0 Å². The van der Waals surface area contributed by atoms with Gasteiger partial charge in [0.2, 0.25) is 0 Å². The summed E-state index contributed by atoms with van der Waals surface area (Å²) in [5.41, 5.74) is 4.84. The standard InChI is InChI=1S/C19H22N4/c1-14-4-2-6-17-18(14)22-19(21-17)16-7-10-23(11-8-16)13-15-5-3-9-20-12-15/h2-6,9,12,16H,7-8,10-11,13H2,1H3,(H,21,22). The molecule has 0 atom stereocenters. The number of para-hydroxylation sites is 1. The Morgan fingerprint density at radius 3 is 2.78 bits per heavy atom. The molecule has 1 aliphatic heterocycles. The van der Waals surface area contributed by atoms with Gasteiger partial charge in [-0.1, -0.05) is 18.2 Å². The average molecular weight is 306 g/mol. The minimum atomic E-state index is 0.548. The summed E-state index contributed by atoms with van der Waals surface area (Å²) >= 11 is 0. The van der Waals surface area contributed by atoms with E-state index in [0.717, 1.165) is 36.5 Å². The summed E-state index contributed by atoms with van der Waals surface area (Å²) in [4.78, 5) is 15.1. The number of piperidine rings is 1. The van der Waals surface area contributed by atoms with Crippen molar-refractivity contribution >= 4 is 11.0 Å². The summed E-state index contributed by atoms with van der Waals surface area (Å²) < 4.78 is 0. The van der Waals surface area contributed by atoms with E-state index in [-0.39, 0.29) is 0 Å². The van der Waals surface area contributed by atoms with Crippen molar-refractivity contribution in [1.82, 2.24) is 19.9 Å². The first kappa shape index (κ1) is 14.4. The molecule has 2 aromatic heterocycles. The predicted molar refractivity (Wildman–Crippen MR) is 92.3 cm³/mol. The molecule has 1 aliphatic rings. The van der Waals surface area contributed by atoms with E-state index < -0.39 is 0 Å². The number of aryl methyl sites for hydroxylation is 1. The molecular formula is C19H22N4. The van der Waals surface area contributed by atoms with Crippen LogP contribution in [-0.4, -0.2) is 32.9 Å². The number of rotatable bonds is 3. The van der Waals surface area contributed by atoms with Crippen molar-refractivity contribution in [3.05, 3.63) is 59.7 Å². The molecule has 3 aromatic rings. The predicted octanol–water partition coefficient (Wildman–Crippen LogP) is 3.65. The summed E-state index contributed by atoms with van der Waals surface area (Å²) in [6, 6.07) is 10.5. The van der Waals surface area contributed by atoms with E-state index in [0.29, 0.717) is 5.92 Å². The van der Waals surface area contributed by atoms with Crippen LogP contribution in [0.4, 0.5) is 0 Å². The third kappa shape index (κ3) is 2.99. The molecule has 4 nitrogen and oxygen atoms in total. The largest absolute Gasteiger partial charge is 0.342 e. The van der Waals surface area contributed by atoms with Crippen LogP contribution in [0.3, 0.4) is 0 Å². The Morgan fingerprint density at radius 2 is 2.04 bits per heavy atom. The summed E-state index contributed by atoms with van der Waals surface area (Å²) in [5, 5.41) is 0. The van der Waals surface area contributed by atoms with Gasteiger partial charge in [0.1, 0.15) is 5.82 Å². The van der Waals surface area contributed by atoms with E-state index in [1.54, 1.807) is 0 Å². The lowest BCUT2D eigenvalue weighted by Gasteiger charge is -2.30. The fourth-order valence-corrected chi connectivity index (χ4v) is 3.50. The van der Waals surface area contributed by atoms with Crippen molar-refractivity contribution in [3.8, 4) is 0 Å². The molecule has 0 saturated carbocycles. The molecule has 1 fully saturated rings. The van der Waals surface area contributed by atoms with Crippen LogP contribution in [0, 0.1) is 6.92 Å². The van der Waals surface area contributed by atoms with Crippen molar-refractivity contribution in [2.75, 3.05) is 13.1 Å². The Hall–Kier alpha value is -2.20. The lowest BCUT2D eigenvalue weighted by atomic mass is 9.96. The van der Waals surface area contributed by atoms with Crippen molar-refractivity contribution in [2.24, 2.45) is 0 Å². The Labute approximate surface area is 136 Å². The summed E-state index contributed by atoms with van der Waals surface area (Å²) in [5.74, 6) is 1.71. The number of likely N-dealkylation sites (tertiary alicyclic amines) is 1. The molecule has 0 radical (unpaired) electrons. The molecule has 1 saturated heterocycles. The number of nitrogens with one attached hydrogen (secondary N) is 1. The van der Waals surface area contributed by atoms with Crippen molar-refractivity contribution in [2.45, 2.75) is 32.2 Å². The first-order valence-corrected chi connectivity index (χ1v) is 8.36. The smallest absolute Gasteiger partial charge is 0.110 e. The molecule has 3 heterocycles. The van der Waals surface area contributed by atoms with Gasteiger partial charge in [0.05, 0.1) is 11.0 Å². The Morgan fingerprint density at radius 1 is 1.17 bits per heavy atom. The first-order valence-electron chi connectivity index (χ1n) is 8.36. The number of pyridine rings is 1. The molecule has 0 spiro atoms. The quantitative estimate of drug-likeness (QED) is 0.803. The second-order valence-electron chi connectivity index (χ2n) is 6.50. The Bertz CT molecular complexity index is 785. The minimum absolute atomic E-state index is 0.548. The Kier molecular flexibility index (Phi) is 3.83. The van der Waals surface area contributed by atoms with Gasteiger partial charge in [0, 0.05) is 24.9 Å². The van der Waals surface area contributed by atoms with Crippen LogP contribution in [0.5, 0.6) is 0 Å². The molecule has 23 heavy (non-hydrogen) atoms. The Balaban J connectivity index is 1.43. The zero-order valence-electron chi connectivity index (χ0n) is 13.5. The van der Waals surface area contributed by atoms with Crippen LogP contribution in [0.2, 0.25) is 0 Å². The average Bonchev–Trinajstić information content (AvgIpc) is 3.02. The van der Waals surface area contributed by atoms with Gasteiger partial charge < -0.3 is 4.98 Å². The summed E-state index contributed by atoms with van der Waals surface area (Å²) in [6.45, 7) is 5.37. The van der Waals surface area contributed by atoms with Gasteiger partial charge in [-0.2, -0.15) is 0 Å². The number of fused-ring (bicyclic) bond motifs is 1. The highest BCUT2D eigenvalue weighted by molar-refractivity contribution is 5.78. The fourth-order valence-electron chi connectivity index (χ4n) is 3.50. The number of hydrogen-bond acceptors (Lipinski definition) is 3. The van der Waals surface area contributed by atoms with Crippen LogP contribution in [0.25, 0.3) is 11.0 Å². The highest BCUT2D eigenvalue weighted by Gasteiger charge is 2.23. The van der Waals surface area contributed by atoms with Gasteiger partial charge >= 0.3 is 0 Å². The lowest BCUT2D eigenvalue weighted by Crippen LogP contribution is -2.32. The number of imidazole rings is 1. The van der Waals surface area contributed by atoms with Crippen molar-refractivity contribution < 1.29 is 0 Å². The lowest BCUT2D eigenvalue weighted by molar-refractivity contribution is 0.202. The fraction of sp³-hybridized carbons (Fsp3) is 0.368. The monoisotopic (exact) mass is 306 g/mol. The molecule has 0 amide bonds. The number of aromatic amines is 1. The second kappa shape index (κ2) is 6.13. The van der Waals surface area contributed by atoms with Crippen LogP contribution < -0.4 is 0 Å². The maximum atomic E-state index is 4.86. The van der Waals surface area contributed by atoms with Gasteiger partial charge in [0.15, 0.2) is 0 Å². The van der Waals surface area contributed by atoms with E-state index in [1.807, 2.05) is 18.5 Å². The number of nitrogens with zero attached hydrogens (tertiary/aromatic N) is 3. The number of hydrogen-bond donors (Lipinski definition) is 1. The number of H-pyrrole nitrogens is 1. The van der Waals surface area contributed by atoms with Crippen molar-refractivity contribution in [3.63, 3.8) is 0 Å². The third-order valence-corrected chi connectivity index (χ3v) is 4.84. The second-order valence-corrected chi connectivity index (χ2v) is 6.50. The van der Waals surface area contributed by atoms with Gasteiger partial charge in [-0.3, -0.25) is 9.88 Å². The maximum Gasteiger partial charge on any atom is 0.110 e. The van der Waals surface area contributed by atoms with Gasteiger partial charge in [-0.05, 0) is 56.1 Å². The van der Waals surface area contributed by atoms with Gasteiger partial charge in [0.25, 0.3) is 0 Å². The number of benzene rings is 1. The molecular weight excluding hydrogens is 284 g/mol. The van der Waals surface area contributed by atoms with Gasteiger partial charge in [-0.15, -0.1) is 0 Å². The van der Waals surface area contributed by atoms with Gasteiger partial charge in [-0.25, -0.2) is 4.98 Å². The minimum Gasteiger partial charge on any atom is -0.342 e. The first-order chi connectivity index (χ1) is 11.3. The highest BCUT2D eigenvalue weighted by atomic mass is 15.1. The molecule has 0 unspecified atom stereocenters. The van der Waals surface area contributed by atoms with E-state index in [2.05, 4.69) is 46.1 Å². The van der Waals surface area contributed by atoms with E-state index >= 15 is 0 Å². The topological polar surface area (TPSA) is 44.8 Å². The molecule has 118 valence electrons. The molecule has 1 N–H and O–H groups in total. The maximum absolute atomic E-state index is 4.86.